The smallest absolute Gasteiger partial charge is 0.250 e. The van der Waals surface area contributed by atoms with Crippen LogP contribution in [-0.2, 0) is 4.79 Å². The molecular weight excluding hydrogens is 376 g/mol. The summed E-state index contributed by atoms with van der Waals surface area (Å²) in [7, 11) is 1.59. The molecule has 2 rings (SSSR count). The fraction of sp³-hybridized carbons (Fsp3) is 0.0588. The molecule has 0 heterocycles. The lowest BCUT2D eigenvalue weighted by molar-refractivity contribution is -0.115. The van der Waals surface area contributed by atoms with Crippen molar-refractivity contribution in [3.05, 3.63) is 64.6 Å². The van der Waals surface area contributed by atoms with E-state index in [1.807, 2.05) is 48.5 Å². The van der Waals surface area contributed by atoms with Crippen LogP contribution in [0.4, 0.5) is 5.69 Å². The van der Waals surface area contributed by atoms with Gasteiger partial charge in [-0.15, -0.1) is 0 Å². The predicted molar refractivity (Wildman–Crippen MR) is 101 cm³/mol. The van der Waals surface area contributed by atoms with Gasteiger partial charge in [0.1, 0.15) is 5.75 Å². The van der Waals surface area contributed by atoms with Crippen LogP contribution in [0.5, 0.6) is 5.75 Å². The third-order valence-electron chi connectivity index (χ3n) is 2.89. The molecule has 6 heteroatoms. The molecule has 2 aromatic carbocycles. The molecule has 0 unspecified atom stereocenters. The van der Waals surface area contributed by atoms with Gasteiger partial charge in [-0.2, -0.15) is 0 Å². The van der Waals surface area contributed by atoms with E-state index in [1.165, 1.54) is 6.08 Å². The SMILES string of the molecule is COc1ccccc1/C=C/C(=O)NC(=S)Nc1ccc(Br)cc1. The van der Waals surface area contributed by atoms with Crippen molar-refractivity contribution < 1.29 is 9.53 Å². The van der Waals surface area contributed by atoms with Crippen LogP contribution in [0.1, 0.15) is 5.56 Å². The zero-order valence-corrected chi connectivity index (χ0v) is 14.8. The Morgan fingerprint density at radius 1 is 1.17 bits per heavy atom. The van der Waals surface area contributed by atoms with Gasteiger partial charge >= 0.3 is 0 Å². The van der Waals surface area contributed by atoms with Gasteiger partial charge in [0.25, 0.3) is 0 Å². The zero-order chi connectivity index (χ0) is 16.7. The van der Waals surface area contributed by atoms with Gasteiger partial charge < -0.3 is 10.1 Å². The van der Waals surface area contributed by atoms with Gasteiger partial charge in [-0.1, -0.05) is 34.1 Å². The first-order chi connectivity index (χ1) is 11.1. The highest BCUT2D eigenvalue weighted by atomic mass is 79.9. The van der Waals surface area contributed by atoms with E-state index in [4.69, 9.17) is 17.0 Å². The molecule has 0 saturated heterocycles. The Hall–Kier alpha value is -2.18. The summed E-state index contributed by atoms with van der Waals surface area (Å²) in [6.07, 6.45) is 3.09. The number of ether oxygens (including phenoxy) is 1. The van der Waals surface area contributed by atoms with E-state index in [0.717, 1.165) is 15.7 Å². The lowest BCUT2D eigenvalue weighted by Gasteiger charge is -2.08. The summed E-state index contributed by atoms with van der Waals surface area (Å²) < 4.78 is 6.19. The number of hydrogen-bond donors (Lipinski definition) is 2. The van der Waals surface area contributed by atoms with Crippen molar-refractivity contribution in [1.82, 2.24) is 5.32 Å². The molecule has 2 aromatic rings. The molecule has 0 bridgehead atoms. The Bertz CT molecular complexity index is 730. The molecule has 0 aliphatic carbocycles. The van der Waals surface area contributed by atoms with Crippen molar-refractivity contribution in [3.63, 3.8) is 0 Å². The normalized spacial score (nSPS) is 10.3. The fourth-order valence-corrected chi connectivity index (χ4v) is 2.30. The zero-order valence-electron chi connectivity index (χ0n) is 12.4. The monoisotopic (exact) mass is 390 g/mol. The molecule has 0 aromatic heterocycles. The summed E-state index contributed by atoms with van der Waals surface area (Å²) in [6.45, 7) is 0. The molecule has 2 N–H and O–H groups in total. The van der Waals surface area contributed by atoms with E-state index in [-0.39, 0.29) is 11.0 Å². The topological polar surface area (TPSA) is 50.4 Å². The fourth-order valence-electron chi connectivity index (χ4n) is 1.82. The second-order valence-corrected chi connectivity index (χ2v) is 5.85. The number of carbonyl (C=O) groups is 1. The lowest BCUT2D eigenvalue weighted by Crippen LogP contribution is -2.32. The Balaban J connectivity index is 1.92. The molecule has 0 radical (unpaired) electrons. The Morgan fingerprint density at radius 2 is 1.87 bits per heavy atom. The van der Waals surface area contributed by atoms with E-state index in [2.05, 4.69) is 26.6 Å². The lowest BCUT2D eigenvalue weighted by atomic mass is 10.2. The number of anilines is 1. The highest BCUT2D eigenvalue weighted by molar-refractivity contribution is 9.10. The molecule has 0 fully saturated rings. The summed E-state index contributed by atoms with van der Waals surface area (Å²) in [6, 6.07) is 14.9. The molecule has 1 amide bonds. The van der Waals surface area contributed by atoms with E-state index >= 15 is 0 Å². The number of benzene rings is 2. The first kappa shape index (κ1) is 17.2. The van der Waals surface area contributed by atoms with Gasteiger partial charge in [-0.3, -0.25) is 10.1 Å². The van der Waals surface area contributed by atoms with Crippen molar-refractivity contribution >= 4 is 50.9 Å². The maximum atomic E-state index is 11.9. The van der Waals surface area contributed by atoms with Crippen molar-refractivity contribution in [1.29, 1.82) is 0 Å². The van der Waals surface area contributed by atoms with Gasteiger partial charge in [-0.05, 0) is 48.6 Å². The number of halogens is 1. The van der Waals surface area contributed by atoms with Gasteiger partial charge in [0.2, 0.25) is 5.91 Å². The second kappa shape index (κ2) is 8.45. The quantitative estimate of drug-likeness (QED) is 0.612. The standard InChI is InChI=1S/C17H15BrN2O2S/c1-22-15-5-3-2-4-12(15)6-11-16(21)20-17(23)19-14-9-7-13(18)8-10-14/h2-11H,1H3,(H2,19,20,21,23)/b11-6+. The average Bonchev–Trinajstić information content (AvgIpc) is 2.55. The predicted octanol–water partition coefficient (Wildman–Crippen LogP) is 3.98. The minimum absolute atomic E-state index is 0.238. The third kappa shape index (κ3) is 5.50. The summed E-state index contributed by atoms with van der Waals surface area (Å²) in [5.74, 6) is 0.387. The first-order valence-electron chi connectivity index (χ1n) is 6.77. The molecular formula is C17H15BrN2O2S. The van der Waals surface area contributed by atoms with E-state index in [1.54, 1.807) is 13.2 Å². The molecule has 0 atom stereocenters. The van der Waals surface area contributed by atoms with E-state index in [9.17, 15) is 4.79 Å². The van der Waals surface area contributed by atoms with Gasteiger partial charge in [0, 0.05) is 21.8 Å². The minimum Gasteiger partial charge on any atom is -0.496 e. The Labute approximate surface area is 148 Å². The molecule has 0 spiro atoms. The Kier molecular flexibility index (Phi) is 6.31. The highest BCUT2D eigenvalue weighted by Gasteiger charge is 2.03. The van der Waals surface area contributed by atoms with Crippen molar-refractivity contribution in [2.45, 2.75) is 0 Å². The first-order valence-corrected chi connectivity index (χ1v) is 7.97. The van der Waals surface area contributed by atoms with E-state index < -0.39 is 0 Å². The van der Waals surface area contributed by atoms with E-state index in [0.29, 0.717) is 5.75 Å². The minimum atomic E-state index is -0.314. The summed E-state index contributed by atoms with van der Waals surface area (Å²) in [5.41, 5.74) is 1.61. The molecule has 118 valence electrons. The van der Waals surface area contributed by atoms with Gasteiger partial charge in [-0.25, -0.2) is 0 Å². The molecule has 23 heavy (non-hydrogen) atoms. The number of amides is 1. The van der Waals surface area contributed by atoms with Crippen LogP contribution in [0, 0.1) is 0 Å². The van der Waals surface area contributed by atoms with Crippen molar-refractivity contribution in [2.24, 2.45) is 0 Å². The van der Waals surface area contributed by atoms with Crippen molar-refractivity contribution in [2.75, 3.05) is 12.4 Å². The largest absolute Gasteiger partial charge is 0.496 e. The number of hydrogen-bond acceptors (Lipinski definition) is 3. The highest BCUT2D eigenvalue weighted by Crippen LogP contribution is 2.18. The Morgan fingerprint density at radius 3 is 2.57 bits per heavy atom. The molecule has 0 aliphatic heterocycles. The van der Waals surface area contributed by atoms with Crippen LogP contribution < -0.4 is 15.4 Å². The molecule has 4 nitrogen and oxygen atoms in total. The average molecular weight is 391 g/mol. The number of carbonyl (C=O) groups excluding carboxylic acids is 1. The summed E-state index contributed by atoms with van der Waals surface area (Å²) >= 11 is 8.47. The van der Waals surface area contributed by atoms with Crippen LogP contribution in [0.3, 0.4) is 0 Å². The molecule has 0 aliphatic rings. The maximum absolute atomic E-state index is 11.9. The van der Waals surface area contributed by atoms with Crippen LogP contribution in [-0.4, -0.2) is 18.1 Å². The summed E-state index contributed by atoms with van der Waals surface area (Å²) in [5, 5.41) is 5.77. The van der Waals surface area contributed by atoms with Crippen LogP contribution in [0.15, 0.2) is 59.1 Å². The third-order valence-corrected chi connectivity index (χ3v) is 3.62. The van der Waals surface area contributed by atoms with Gasteiger partial charge in [0.05, 0.1) is 7.11 Å². The maximum Gasteiger partial charge on any atom is 0.250 e. The number of thiocarbonyl (C=S) groups is 1. The number of para-hydroxylation sites is 1. The van der Waals surface area contributed by atoms with Crippen molar-refractivity contribution in [3.8, 4) is 5.75 Å². The molecule has 0 saturated carbocycles. The number of methoxy groups -OCH3 is 1. The number of rotatable bonds is 4. The van der Waals surface area contributed by atoms with Gasteiger partial charge in [0.15, 0.2) is 5.11 Å². The van der Waals surface area contributed by atoms with Crippen LogP contribution >= 0.6 is 28.1 Å². The number of nitrogens with one attached hydrogen (secondary N) is 2. The van der Waals surface area contributed by atoms with Crippen LogP contribution in [0.2, 0.25) is 0 Å². The summed E-state index contributed by atoms with van der Waals surface area (Å²) in [4.78, 5) is 11.9. The van der Waals surface area contributed by atoms with Crippen LogP contribution in [0.25, 0.3) is 6.08 Å². The second-order valence-electron chi connectivity index (χ2n) is 4.53.